The predicted molar refractivity (Wildman–Crippen MR) is 165 cm³/mol. The lowest BCUT2D eigenvalue weighted by Gasteiger charge is -2.48. The molecule has 3 aromatic carbocycles. The summed E-state index contributed by atoms with van der Waals surface area (Å²) in [5, 5.41) is 0. The Bertz CT molecular complexity index is 1650. The number of fused-ring (bicyclic) bond motifs is 3. The number of pyridine rings is 2. The number of benzene rings is 3. The molecule has 2 aromatic heterocycles. The molecule has 0 fully saturated rings. The summed E-state index contributed by atoms with van der Waals surface area (Å²) >= 11 is 0. The lowest BCUT2D eigenvalue weighted by Crippen LogP contribution is -2.68. The summed E-state index contributed by atoms with van der Waals surface area (Å²) in [6, 6.07) is 40.1. The van der Waals surface area contributed by atoms with Crippen LogP contribution >= 0.6 is 0 Å². The number of hydrogen-bond donors (Lipinski definition) is 0. The van der Waals surface area contributed by atoms with Gasteiger partial charge in [0, 0.05) is 42.7 Å². The largest absolute Gasteiger partial charge is 0.213 e. The Balaban J connectivity index is 1.50. The Labute approximate surface area is 239 Å². The lowest BCUT2D eigenvalue weighted by molar-refractivity contribution is -0.765. The highest BCUT2D eigenvalue weighted by molar-refractivity contribution is 5.69. The smallest absolute Gasteiger partial charge is 0.201 e. The average molecular weight is 525 g/mol. The van der Waals surface area contributed by atoms with Crippen LogP contribution in [0, 0.1) is 0 Å². The van der Waals surface area contributed by atoms with E-state index in [1.807, 2.05) is 0 Å². The number of hydrogen-bond acceptors (Lipinski definition) is 0. The van der Waals surface area contributed by atoms with Gasteiger partial charge in [-0.05, 0) is 60.2 Å². The number of rotatable bonds is 7. The summed E-state index contributed by atoms with van der Waals surface area (Å²) in [5.41, 5.74) is 10.6. The van der Waals surface area contributed by atoms with E-state index in [9.17, 15) is 0 Å². The van der Waals surface area contributed by atoms with E-state index in [-0.39, 0.29) is 11.0 Å². The zero-order valence-electron chi connectivity index (χ0n) is 24.3. The first kappa shape index (κ1) is 26.2. The Morgan fingerprint density at radius 2 is 1.32 bits per heavy atom. The van der Waals surface area contributed by atoms with E-state index >= 15 is 0 Å². The Kier molecular flexibility index (Phi) is 6.88. The van der Waals surface area contributed by atoms with Gasteiger partial charge in [-0.15, -0.1) is 0 Å². The van der Waals surface area contributed by atoms with Gasteiger partial charge in [0.05, 0.1) is 11.0 Å². The third-order valence-electron chi connectivity index (χ3n) is 9.80. The summed E-state index contributed by atoms with van der Waals surface area (Å²) < 4.78 is 4.86. The Morgan fingerprint density at radius 3 is 2.08 bits per heavy atom. The number of aromatic nitrogens is 2. The Morgan fingerprint density at radius 1 is 0.625 bits per heavy atom. The summed E-state index contributed by atoms with van der Waals surface area (Å²) in [4.78, 5) is 0. The van der Waals surface area contributed by atoms with Crippen molar-refractivity contribution in [1.29, 1.82) is 0 Å². The van der Waals surface area contributed by atoms with Gasteiger partial charge < -0.3 is 0 Å². The van der Waals surface area contributed by atoms with Crippen LogP contribution in [0.3, 0.4) is 0 Å². The van der Waals surface area contributed by atoms with Gasteiger partial charge in [0.1, 0.15) is 7.05 Å². The van der Waals surface area contributed by atoms with Gasteiger partial charge >= 0.3 is 0 Å². The molecule has 3 heterocycles. The van der Waals surface area contributed by atoms with E-state index in [1.54, 1.807) is 0 Å². The first-order chi connectivity index (χ1) is 19.5. The summed E-state index contributed by atoms with van der Waals surface area (Å²) in [6.07, 6.45) is 8.81. The van der Waals surface area contributed by atoms with E-state index in [0.29, 0.717) is 0 Å². The van der Waals surface area contributed by atoms with Crippen molar-refractivity contribution in [1.82, 2.24) is 0 Å². The summed E-state index contributed by atoms with van der Waals surface area (Å²) in [6.45, 7) is 7.29. The molecule has 1 aliphatic heterocycles. The highest BCUT2D eigenvalue weighted by atomic mass is 15.1. The molecule has 0 bridgehead atoms. The topological polar surface area (TPSA) is 7.76 Å². The number of aryl methyl sites for hydroxylation is 2. The zero-order valence-corrected chi connectivity index (χ0v) is 24.3. The normalized spacial score (nSPS) is 19.6. The van der Waals surface area contributed by atoms with Crippen LogP contribution in [-0.2, 0) is 24.4 Å². The fourth-order valence-corrected chi connectivity index (χ4v) is 7.37. The molecule has 2 nitrogen and oxygen atoms in total. The molecule has 1 aliphatic rings. The van der Waals surface area contributed by atoms with Gasteiger partial charge in [-0.25, -0.2) is 4.57 Å². The van der Waals surface area contributed by atoms with Crippen LogP contribution in [0.2, 0.25) is 0 Å². The molecular weight excluding hydrogens is 484 g/mol. The van der Waals surface area contributed by atoms with E-state index in [2.05, 4.69) is 159 Å². The van der Waals surface area contributed by atoms with Crippen molar-refractivity contribution in [2.75, 3.05) is 0 Å². The highest BCUT2D eigenvalue weighted by Crippen LogP contribution is 2.52. The predicted octanol–water partition coefficient (Wildman–Crippen LogP) is 8.22. The lowest BCUT2D eigenvalue weighted by atomic mass is 9.57. The van der Waals surface area contributed by atoms with Crippen LogP contribution in [0.1, 0.15) is 51.2 Å². The molecular formula is C38H40N2+2. The third kappa shape index (κ3) is 4.09. The van der Waals surface area contributed by atoms with Crippen LogP contribution in [0.4, 0.5) is 0 Å². The third-order valence-corrected chi connectivity index (χ3v) is 9.80. The zero-order chi connectivity index (χ0) is 27.7. The summed E-state index contributed by atoms with van der Waals surface area (Å²) in [5.74, 6) is 0. The molecule has 0 N–H and O–H groups in total. The van der Waals surface area contributed by atoms with Crippen molar-refractivity contribution in [3.63, 3.8) is 0 Å². The van der Waals surface area contributed by atoms with Crippen LogP contribution < -0.4 is 9.13 Å². The minimum absolute atomic E-state index is 0.0166. The van der Waals surface area contributed by atoms with Gasteiger partial charge in [-0.1, -0.05) is 80.6 Å². The van der Waals surface area contributed by atoms with Gasteiger partial charge in [-0.2, -0.15) is 4.57 Å². The molecule has 0 saturated heterocycles. The maximum absolute atomic E-state index is 2.63. The van der Waals surface area contributed by atoms with Crippen LogP contribution in [0.15, 0.2) is 122 Å². The molecule has 0 spiro atoms. The minimum Gasteiger partial charge on any atom is -0.201 e. The van der Waals surface area contributed by atoms with E-state index in [0.717, 1.165) is 25.7 Å². The monoisotopic (exact) mass is 524 g/mol. The highest BCUT2D eigenvalue weighted by Gasteiger charge is 2.58. The van der Waals surface area contributed by atoms with Gasteiger partial charge in [0.2, 0.25) is 11.4 Å². The standard InChI is InChI=1S/C38H40N2/c1-5-37(3)38(6-2,26-25-30-18-10-11-19-32(30)35-22-14-15-27-39(35)4)34-21-13-12-20-33(34)36-24-23-31(28-40(36)37)29-16-8-7-9-17-29/h7-24,27-28H,5-6,25-26H2,1-4H3/q+2. The second kappa shape index (κ2) is 10.5. The van der Waals surface area contributed by atoms with Gasteiger partial charge in [0.25, 0.3) is 0 Å². The van der Waals surface area contributed by atoms with Crippen LogP contribution in [0.25, 0.3) is 33.6 Å². The average Bonchev–Trinajstić information content (AvgIpc) is 3.02. The SMILES string of the molecule is CCC1(CCc2ccccc2-c2cccc[n+]2C)c2ccccc2-c2ccc(-c3ccccc3)c[n+]2C1(C)CC. The van der Waals surface area contributed by atoms with Crippen molar-refractivity contribution in [3.05, 3.63) is 133 Å². The van der Waals surface area contributed by atoms with E-state index in [1.165, 1.54) is 44.8 Å². The molecule has 0 saturated carbocycles. The van der Waals surface area contributed by atoms with Crippen molar-refractivity contribution in [2.24, 2.45) is 7.05 Å². The first-order valence-electron chi connectivity index (χ1n) is 14.8. The molecule has 40 heavy (non-hydrogen) atoms. The van der Waals surface area contributed by atoms with Gasteiger partial charge in [-0.3, -0.25) is 0 Å². The van der Waals surface area contributed by atoms with Gasteiger partial charge in [0.15, 0.2) is 17.9 Å². The van der Waals surface area contributed by atoms with Crippen molar-refractivity contribution in [3.8, 4) is 33.6 Å². The Hall–Kier alpha value is -4.04. The molecule has 5 aromatic rings. The number of nitrogens with zero attached hydrogens (tertiary/aromatic N) is 2. The molecule has 2 heteroatoms. The van der Waals surface area contributed by atoms with E-state index in [4.69, 9.17) is 0 Å². The van der Waals surface area contributed by atoms with Crippen molar-refractivity contribution < 1.29 is 9.13 Å². The molecule has 0 amide bonds. The second-order valence-electron chi connectivity index (χ2n) is 11.5. The second-order valence-corrected chi connectivity index (χ2v) is 11.5. The maximum Gasteiger partial charge on any atom is 0.213 e. The fraction of sp³-hybridized carbons (Fsp3) is 0.263. The van der Waals surface area contributed by atoms with Crippen LogP contribution in [0.5, 0.6) is 0 Å². The molecule has 0 aliphatic carbocycles. The molecule has 6 rings (SSSR count). The molecule has 200 valence electrons. The van der Waals surface area contributed by atoms with Crippen molar-refractivity contribution in [2.45, 2.75) is 57.4 Å². The molecule has 2 unspecified atom stereocenters. The summed E-state index contributed by atoms with van der Waals surface area (Å²) in [7, 11) is 2.14. The molecule has 2 atom stereocenters. The maximum atomic E-state index is 2.63. The molecule has 0 radical (unpaired) electrons. The van der Waals surface area contributed by atoms with Crippen molar-refractivity contribution >= 4 is 0 Å². The quantitative estimate of drug-likeness (QED) is 0.190. The van der Waals surface area contributed by atoms with E-state index < -0.39 is 0 Å². The minimum atomic E-state index is -0.0808. The van der Waals surface area contributed by atoms with Crippen LogP contribution in [-0.4, -0.2) is 0 Å². The first-order valence-corrected chi connectivity index (χ1v) is 14.8. The fourth-order valence-electron chi connectivity index (χ4n) is 7.37.